The Balaban J connectivity index is 2.39. The van der Waals surface area contributed by atoms with Gasteiger partial charge in [-0.25, -0.2) is 13.1 Å². The molecular weight excluding hydrogens is 316 g/mol. The minimum Gasteiger partial charge on any atom is -0.310 e. The second-order valence-electron chi connectivity index (χ2n) is 4.07. The summed E-state index contributed by atoms with van der Waals surface area (Å²) in [6, 6.07) is 8.20. The van der Waals surface area contributed by atoms with Crippen molar-refractivity contribution < 1.29 is 8.42 Å². The summed E-state index contributed by atoms with van der Waals surface area (Å²) in [5.74, 6) is 0.152. The fourth-order valence-electron chi connectivity index (χ4n) is 1.62. The summed E-state index contributed by atoms with van der Waals surface area (Å²) in [7, 11) is -1.65. The molecule has 1 atom stereocenters. The summed E-state index contributed by atoms with van der Waals surface area (Å²) in [6.07, 6.45) is 0.595. The molecule has 0 saturated heterocycles. The molecule has 0 saturated carbocycles. The molecule has 2 N–H and O–H groups in total. The van der Waals surface area contributed by atoms with Gasteiger partial charge in [0.1, 0.15) is 0 Å². The molecule has 0 amide bonds. The second-order valence-corrected chi connectivity index (χ2v) is 6.97. The van der Waals surface area contributed by atoms with Gasteiger partial charge in [-0.15, -0.1) is 0 Å². The van der Waals surface area contributed by atoms with Crippen molar-refractivity contribution in [2.75, 3.05) is 19.3 Å². The second kappa shape index (κ2) is 7.23. The Hall–Kier alpha value is -0.430. The van der Waals surface area contributed by atoms with Gasteiger partial charge in [-0.3, -0.25) is 0 Å². The molecule has 6 heteroatoms. The van der Waals surface area contributed by atoms with Gasteiger partial charge in [0.05, 0.1) is 5.75 Å². The highest BCUT2D eigenvalue weighted by Gasteiger charge is 2.09. The third-order valence-electron chi connectivity index (χ3n) is 2.72. The molecule has 1 rings (SSSR count). The minimum absolute atomic E-state index is 0.152. The molecule has 0 aliphatic rings. The first-order valence-corrected chi connectivity index (χ1v) is 8.30. The molecule has 0 bridgehead atoms. The van der Waals surface area contributed by atoms with E-state index in [1.54, 1.807) is 0 Å². The Morgan fingerprint density at radius 2 is 2.00 bits per heavy atom. The highest BCUT2D eigenvalue weighted by Crippen LogP contribution is 2.22. The quantitative estimate of drug-likeness (QED) is 0.750. The lowest BCUT2D eigenvalue weighted by Gasteiger charge is -2.15. The molecule has 0 aliphatic heterocycles. The predicted molar refractivity (Wildman–Crippen MR) is 78.0 cm³/mol. The molecule has 0 spiro atoms. The monoisotopic (exact) mass is 334 g/mol. The summed E-state index contributed by atoms with van der Waals surface area (Å²) in [5.41, 5.74) is 1.17. The molecule has 0 heterocycles. The largest absolute Gasteiger partial charge is 0.310 e. The first-order valence-electron chi connectivity index (χ1n) is 5.85. The van der Waals surface area contributed by atoms with Gasteiger partial charge in [0.25, 0.3) is 0 Å². The number of benzene rings is 1. The van der Waals surface area contributed by atoms with Crippen LogP contribution < -0.4 is 10.0 Å². The molecule has 0 aromatic heterocycles. The van der Waals surface area contributed by atoms with Crippen LogP contribution in [0, 0.1) is 0 Å². The van der Waals surface area contributed by atoms with Crippen molar-refractivity contribution in [3.63, 3.8) is 0 Å². The molecule has 18 heavy (non-hydrogen) atoms. The van der Waals surface area contributed by atoms with Crippen LogP contribution in [0.5, 0.6) is 0 Å². The van der Waals surface area contributed by atoms with Crippen molar-refractivity contribution in [3.05, 3.63) is 34.3 Å². The van der Waals surface area contributed by atoms with Crippen LogP contribution in [0.2, 0.25) is 0 Å². The minimum atomic E-state index is -3.09. The Morgan fingerprint density at radius 3 is 2.61 bits per heavy atom. The summed E-state index contributed by atoms with van der Waals surface area (Å²) >= 11 is 3.50. The van der Waals surface area contributed by atoms with E-state index in [2.05, 4.69) is 32.9 Å². The molecular formula is C12H19BrN2O2S. The van der Waals surface area contributed by atoms with E-state index in [1.807, 2.05) is 24.3 Å². The number of nitrogens with one attached hydrogen (secondary N) is 2. The molecule has 102 valence electrons. The zero-order valence-corrected chi connectivity index (χ0v) is 13.0. The zero-order valence-electron chi connectivity index (χ0n) is 10.6. The van der Waals surface area contributed by atoms with Crippen LogP contribution in [0.4, 0.5) is 0 Å². The fourth-order valence-corrected chi connectivity index (χ4v) is 2.98. The predicted octanol–water partition coefficient (Wildman–Crippen LogP) is 2.04. The maximum absolute atomic E-state index is 11.2. The maximum Gasteiger partial charge on any atom is 0.211 e. The van der Waals surface area contributed by atoms with Gasteiger partial charge in [-0.1, -0.05) is 34.1 Å². The van der Waals surface area contributed by atoms with E-state index in [0.29, 0.717) is 13.0 Å². The van der Waals surface area contributed by atoms with Crippen molar-refractivity contribution >= 4 is 26.0 Å². The number of halogens is 1. The number of sulfonamides is 1. The first-order chi connectivity index (χ1) is 8.46. The molecule has 0 aliphatic carbocycles. The van der Waals surface area contributed by atoms with Crippen LogP contribution in [0.25, 0.3) is 0 Å². The van der Waals surface area contributed by atoms with Crippen LogP contribution in [-0.2, 0) is 10.0 Å². The normalized spacial score (nSPS) is 13.5. The Labute approximate surface area is 117 Å². The number of hydrogen-bond acceptors (Lipinski definition) is 3. The summed E-state index contributed by atoms with van der Waals surface area (Å²) in [5, 5.41) is 3.31. The van der Waals surface area contributed by atoms with Crippen molar-refractivity contribution in [3.8, 4) is 0 Å². The van der Waals surface area contributed by atoms with Crippen molar-refractivity contribution in [1.29, 1.82) is 0 Å². The molecule has 1 aromatic rings. The van der Waals surface area contributed by atoms with Crippen LogP contribution in [0.3, 0.4) is 0 Å². The van der Waals surface area contributed by atoms with Gasteiger partial charge in [0, 0.05) is 10.5 Å². The zero-order chi connectivity index (χ0) is 13.6. The van der Waals surface area contributed by atoms with E-state index in [9.17, 15) is 8.42 Å². The van der Waals surface area contributed by atoms with Crippen LogP contribution in [-0.4, -0.2) is 27.8 Å². The van der Waals surface area contributed by atoms with E-state index in [0.717, 1.165) is 4.47 Å². The van der Waals surface area contributed by atoms with Crippen molar-refractivity contribution in [1.82, 2.24) is 10.0 Å². The van der Waals surface area contributed by atoms with Gasteiger partial charge in [-0.05, 0) is 38.6 Å². The number of rotatable bonds is 7. The van der Waals surface area contributed by atoms with Gasteiger partial charge in [-0.2, -0.15) is 0 Å². The first kappa shape index (κ1) is 15.6. The lowest BCUT2D eigenvalue weighted by molar-refractivity contribution is 0.556. The molecule has 4 nitrogen and oxygen atoms in total. The lowest BCUT2D eigenvalue weighted by Crippen LogP contribution is -2.26. The topological polar surface area (TPSA) is 58.2 Å². The number of hydrogen-bond donors (Lipinski definition) is 2. The standard InChI is InChI=1S/C12H19BrN2O2S/c1-10(11-6-3-4-7-12(11)13)15-8-5-9-18(16,17)14-2/h3-4,6-7,10,14-15H,5,8-9H2,1-2H3/t10-/m1/s1. The van der Waals surface area contributed by atoms with Crippen LogP contribution >= 0.6 is 15.9 Å². The third kappa shape index (κ3) is 5.06. The average molecular weight is 335 g/mol. The molecule has 1 aromatic carbocycles. The Kier molecular flexibility index (Phi) is 6.28. The Bertz CT molecular complexity index is 477. The van der Waals surface area contributed by atoms with Crippen molar-refractivity contribution in [2.45, 2.75) is 19.4 Å². The van der Waals surface area contributed by atoms with Crippen LogP contribution in [0.15, 0.2) is 28.7 Å². The highest BCUT2D eigenvalue weighted by atomic mass is 79.9. The van der Waals surface area contributed by atoms with Gasteiger partial charge < -0.3 is 5.32 Å². The smallest absolute Gasteiger partial charge is 0.211 e. The summed E-state index contributed by atoms with van der Waals surface area (Å²) in [4.78, 5) is 0. The molecule has 0 fully saturated rings. The summed E-state index contributed by atoms with van der Waals surface area (Å²) in [6.45, 7) is 2.73. The van der Waals surface area contributed by atoms with Crippen molar-refractivity contribution in [2.24, 2.45) is 0 Å². The van der Waals surface area contributed by atoms with Gasteiger partial charge in [0.2, 0.25) is 10.0 Å². The van der Waals surface area contributed by atoms with E-state index in [4.69, 9.17) is 0 Å². The van der Waals surface area contributed by atoms with E-state index in [1.165, 1.54) is 12.6 Å². The third-order valence-corrected chi connectivity index (χ3v) is 4.89. The fraction of sp³-hybridized carbons (Fsp3) is 0.500. The van der Waals surface area contributed by atoms with Crippen LogP contribution in [0.1, 0.15) is 24.9 Å². The molecule has 0 radical (unpaired) electrons. The summed E-state index contributed by atoms with van der Waals surface area (Å²) < 4.78 is 25.8. The SMILES string of the molecule is CNS(=O)(=O)CCCN[C@H](C)c1ccccc1Br. The van der Waals surface area contributed by atoms with E-state index >= 15 is 0 Å². The van der Waals surface area contributed by atoms with Gasteiger partial charge >= 0.3 is 0 Å². The maximum atomic E-state index is 11.2. The molecule has 0 unspecified atom stereocenters. The lowest BCUT2D eigenvalue weighted by atomic mass is 10.1. The van der Waals surface area contributed by atoms with Gasteiger partial charge in [0.15, 0.2) is 0 Å². The van der Waals surface area contributed by atoms with E-state index in [-0.39, 0.29) is 11.8 Å². The van der Waals surface area contributed by atoms with E-state index < -0.39 is 10.0 Å². The average Bonchev–Trinajstić information content (AvgIpc) is 2.35. The highest BCUT2D eigenvalue weighted by molar-refractivity contribution is 9.10. The Morgan fingerprint density at radius 1 is 1.33 bits per heavy atom.